The van der Waals surface area contributed by atoms with Crippen molar-refractivity contribution >= 4 is 33.3 Å². The fraction of sp³-hybridized carbons (Fsp3) is 0.269. The van der Waals surface area contributed by atoms with Crippen LogP contribution in [0, 0.1) is 5.82 Å². The standard InChI is InChI=1S/C26H29FN2O4S2/c1-33-16-6-15-29(35(31,32)18-14-22-7-3-2-4-8-22)21-26(30)28(20-25-9-5-17-34-25)19-23-10-12-24(27)13-11-23/h2-5,7-14,17-18H,6,15-16,19-21H2,1H3. The Morgan fingerprint density at radius 3 is 2.43 bits per heavy atom. The molecular weight excluding hydrogens is 487 g/mol. The van der Waals surface area contributed by atoms with Gasteiger partial charge in [-0.2, -0.15) is 4.31 Å². The lowest BCUT2D eigenvalue weighted by molar-refractivity contribution is -0.132. The van der Waals surface area contributed by atoms with E-state index >= 15 is 0 Å². The fourth-order valence-electron chi connectivity index (χ4n) is 3.38. The Bertz CT molecular complexity index is 1180. The first-order chi connectivity index (χ1) is 16.9. The number of halogens is 1. The minimum atomic E-state index is -3.87. The minimum Gasteiger partial charge on any atom is -0.385 e. The average Bonchev–Trinajstić information content (AvgIpc) is 3.37. The molecule has 1 heterocycles. The van der Waals surface area contributed by atoms with Crippen LogP contribution in [0.5, 0.6) is 0 Å². The SMILES string of the molecule is COCCCN(CC(=O)N(Cc1ccc(F)cc1)Cc1cccs1)S(=O)(=O)C=Cc1ccccc1. The van der Waals surface area contributed by atoms with Crippen LogP contribution in [0.1, 0.15) is 22.4 Å². The summed E-state index contributed by atoms with van der Waals surface area (Å²) in [5.74, 6) is -0.692. The maximum absolute atomic E-state index is 13.4. The molecule has 0 bridgehead atoms. The highest BCUT2D eigenvalue weighted by atomic mass is 32.2. The van der Waals surface area contributed by atoms with Crippen molar-refractivity contribution in [1.29, 1.82) is 0 Å². The Labute approximate surface area is 210 Å². The zero-order chi connectivity index (χ0) is 25.1. The van der Waals surface area contributed by atoms with Crippen molar-refractivity contribution in [3.8, 4) is 0 Å². The first kappa shape index (κ1) is 26.7. The molecule has 3 rings (SSSR count). The molecule has 0 saturated carbocycles. The number of methoxy groups -OCH3 is 1. The Hall–Kier alpha value is -2.85. The third-order valence-corrected chi connectivity index (χ3v) is 7.60. The number of hydrogen-bond acceptors (Lipinski definition) is 5. The van der Waals surface area contributed by atoms with Crippen LogP contribution in [0.4, 0.5) is 4.39 Å². The van der Waals surface area contributed by atoms with Gasteiger partial charge in [0, 0.05) is 37.1 Å². The van der Waals surface area contributed by atoms with Gasteiger partial charge < -0.3 is 9.64 Å². The van der Waals surface area contributed by atoms with Crippen molar-refractivity contribution in [2.75, 3.05) is 26.8 Å². The molecule has 0 atom stereocenters. The van der Waals surface area contributed by atoms with E-state index in [0.717, 1.165) is 21.4 Å². The number of thiophene rings is 1. The van der Waals surface area contributed by atoms with E-state index in [1.165, 1.54) is 33.9 Å². The van der Waals surface area contributed by atoms with Crippen LogP contribution in [-0.2, 0) is 32.6 Å². The van der Waals surface area contributed by atoms with E-state index < -0.39 is 10.0 Å². The Balaban J connectivity index is 1.80. The Morgan fingerprint density at radius 2 is 1.77 bits per heavy atom. The van der Waals surface area contributed by atoms with E-state index in [-0.39, 0.29) is 31.4 Å². The molecule has 0 aliphatic carbocycles. The summed E-state index contributed by atoms with van der Waals surface area (Å²) >= 11 is 1.52. The molecule has 3 aromatic rings. The van der Waals surface area contributed by atoms with Crippen LogP contribution in [-0.4, -0.2) is 50.3 Å². The number of sulfonamides is 1. The van der Waals surface area contributed by atoms with E-state index in [0.29, 0.717) is 19.6 Å². The number of ether oxygens (including phenoxy) is 1. The third-order valence-electron chi connectivity index (χ3n) is 5.23. The van der Waals surface area contributed by atoms with Crippen LogP contribution >= 0.6 is 11.3 Å². The second kappa shape index (κ2) is 13.3. The predicted molar refractivity (Wildman–Crippen MR) is 137 cm³/mol. The van der Waals surface area contributed by atoms with Gasteiger partial charge in [0.2, 0.25) is 15.9 Å². The largest absolute Gasteiger partial charge is 0.385 e. The van der Waals surface area contributed by atoms with Gasteiger partial charge in [-0.25, -0.2) is 12.8 Å². The lowest BCUT2D eigenvalue weighted by Crippen LogP contribution is -2.42. The van der Waals surface area contributed by atoms with Crippen LogP contribution < -0.4 is 0 Å². The van der Waals surface area contributed by atoms with Gasteiger partial charge >= 0.3 is 0 Å². The van der Waals surface area contributed by atoms with Crippen LogP contribution in [0.3, 0.4) is 0 Å². The summed E-state index contributed by atoms with van der Waals surface area (Å²) in [5.41, 5.74) is 1.50. The summed E-state index contributed by atoms with van der Waals surface area (Å²) in [4.78, 5) is 16.0. The van der Waals surface area contributed by atoms with Crippen molar-refractivity contribution in [3.05, 3.63) is 99.3 Å². The molecule has 6 nitrogen and oxygen atoms in total. The molecule has 0 spiro atoms. The number of benzene rings is 2. The van der Waals surface area contributed by atoms with Crippen molar-refractivity contribution < 1.29 is 22.3 Å². The molecule has 1 aromatic heterocycles. The van der Waals surface area contributed by atoms with E-state index in [4.69, 9.17) is 4.74 Å². The molecule has 0 radical (unpaired) electrons. The zero-order valence-electron chi connectivity index (χ0n) is 19.5. The van der Waals surface area contributed by atoms with E-state index in [1.54, 1.807) is 36.3 Å². The summed E-state index contributed by atoms with van der Waals surface area (Å²) in [6.45, 7) is 0.780. The number of rotatable bonds is 13. The number of carbonyl (C=O) groups excluding carboxylic acids is 1. The van der Waals surface area contributed by atoms with E-state index in [2.05, 4.69) is 0 Å². The first-order valence-electron chi connectivity index (χ1n) is 11.1. The minimum absolute atomic E-state index is 0.143. The lowest BCUT2D eigenvalue weighted by atomic mass is 10.2. The van der Waals surface area contributed by atoms with Crippen molar-refractivity contribution in [2.45, 2.75) is 19.5 Å². The molecular formula is C26H29FN2O4S2. The predicted octanol–water partition coefficient (Wildman–Crippen LogP) is 4.76. The number of hydrogen-bond donors (Lipinski definition) is 0. The third kappa shape index (κ3) is 8.70. The molecule has 2 aromatic carbocycles. The maximum Gasteiger partial charge on any atom is 0.238 e. The zero-order valence-corrected chi connectivity index (χ0v) is 21.2. The molecule has 9 heteroatoms. The summed E-state index contributed by atoms with van der Waals surface area (Å²) in [5, 5.41) is 3.05. The van der Waals surface area contributed by atoms with Crippen LogP contribution in [0.25, 0.3) is 6.08 Å². The highest BCUT2D eigenvalue weighted by Crippen LogP contribution is 2.17. The molecule has 0 fully saturated rings. The molecule has 1 amide bonds. The quantitative estimate of drug-likeness (QED) is 0.308. The Kier molecular flexibility index (Phi) is 10.2. The average molecular weight is 517 g/mol. The lowest BCUT2D eigenvalue weighted by Gasteiger charge is -2.26. The monoisotopic (exact) mass is 516 g/mol. The summed E-state index contributed by atoms with van der Waals surface area (Å²) in [7, 11) is -2.32. The second-order valence-electron chi connectivity index (χ2n) is 7.89. The molecule has 186 valence electrons. The molecule has 0 aliphatic rings. The molecule has 0 saturated heterocycles. The molecule has 35 heavy (non-hydrogen) atoms. The Morgan fingerprint density at radius 1 is 1.03 bits per heavy atom. The van der Waals surface area contributed by atoms with E-state index in [9.17, 15) is 17.6 Å². The topological polar surface area (TPSA) is 66.9 Å². The maximum atomic E-state index is 13.4. The van der Waals surface area contributed by atoms with Gasteiger partial charge in [-0.1, -0.05) is 48.5 Å². The molecule has 0 unspecified atom stereocenters. The van der Waals surface area contributed by atoms with Crippen LogP contribution in [0.15, 0.2) is 77.5 Å². The second-order valence-corrected chi connectivity index (χ2v) is 10.7. The van der Waals surface area contributed by atoms with Gasteiger partial charge in [0.05, 0.1) is 13.1 Å². The first-order valence-corrected chi connectivity index (χ1v) is 13.5. The fourth-order valence-corrected chi connectivity index (χ4v) is 5.27. The smallest absolute Gasteiger partial charge is 0.238 e. The van der Waals surface area contributed by atoms with Gasteiger partial charge in [-0.05, 0) is 47.2 Å². The van der Waals surface area contributed by atoms with Gasteiger partial charge in [0.15, 0.2) is 0 Å². The molecule has 0 N–H and O–H groups in total. The molecule has 0 aliphatic heterocycles. The number of carbonyl (C=O) groups is 1. The van der Waals surface area contributed by atoms with E-state index in [1.807, 2.05) is 35.7 Å². The van der Waals surface area contributed by atoms with Gasteiger partial charge in [-0.3, -0.25) is 4.79 Å². The normalized spacial score (nSPS) is 11.9. The van der Waals surface area contributed by atoms with Crippen molar-refractivity contribution in [3.63, 3.8) is 0 Å². The van der Waals surface area contributed by atoms with Gasteiger partial charge in [0.1, 0.15) is 5.82 Å². The van der Waals surface area contributed by atoms with Gasteiger partial charge in [0.25, 0.3) is 0 Å². The number of amides is 1. The number of nitrogens with zero attached hydrogens (tertiary/aromatic N) is 2. The van der Waals surface area contributed by atoms with Crippen molar-refractivity contribution in [2.24, 2.45) is 0 Å². The van der Waals surface area contributed by atoms with Gasteiger partial charge in [-0.15, -0.1) is 11.3 Å². The highest BCUT2D eigenvalue weighted by molar-refractivity contribution is 7.92. The van der Waals surface area contributed by atoms with Crippen molar-refractivity contribution in [1.82, 2.24) is 9.21 Å². The summed E-state index contributed by atoms with van der Waals surface area (Å²) < 4.78 is 45.9. The summed E-state index contributed by atoms with van der Waals surface area (Å²) in [6, 6.07) is 18.9. The highest BCUT2D eigenvalue weighted by Gasteiger charge is 2.25. The van der Waals surface area contributed by atoms with Crippen LogP contribution in [0.2, 0.25) is 0 Å². The summed E-state index contributed by atoms with van der Waals surface area (Å²) in [6.07, 6.45) is 1.97.